The molecular formula is C14H20N2O2. The number of benzene rings is 1. The predicted molar refractivity (Wildman–Crippen MR) is 70.8 cm³/mol. The van der Waals surface area contributed by atoms with Crippen molar-refractivity contribution in [2.24, 2.45) is 0 Å². The third kappa shape index (κ3) is 4.27. The molecule has 0 aliphatic heterocycles. The Morgan fingerprint density at radius 1 is 1.22 bits per heavy atom. The van der Waals surface area contributed by atoms with Crippen molar-refractivity contribution < 1.29 is 9.47 Å². The van der Waals surface area contributed by atoms with E-state index in [2.05, 4.69) is 18.3 Å². The zero-order valence-electron chi connectivity index (χ0n) is 11.2. The van der Waals surface area contributed by atoms with Crippen LogP contribution in [0.2, 0.25) is 0 Å². The lowest BCUT2D eigenvalue weighted by Crippen LogP contribution is -2.43. The SMILES string of the molecule is CCCOc1ccc(OCC(C)(C#N)NC)cc1. The molecule has 18 heavy (non-hydrogen) atoms. The molecule has 0 amide bonds. The monoisotopic (exact) mass is 248 g/mol. The molecule has 1 rings (SSSR count). The first-order valence-corrected chi connectivity index (χ1v) is 6.09. The van der Waals surface area contributed by atoms with Crippen molar-refractivity contribution in [2.45, 2.75) is 25.8 Å². The topological polar surface area (TPSA) is 54.3 Å². The van der Waals surface area contributed by atoms with Crippen LogP contribution in [0.3, 0.4) is 0 Å². The van der Waals surface area contributed by atoms with Crippen molar-refractivity contribution >= 4 is 0 Å². The maximum Gasteiger partial charge on any atom is 0.137 e. The van der Waals surface area contributed by atoms with E-state index in [0.717, 1.165) is 17.9 Å². The molecule has 98 valence electrons. The normalized spacial score (nSPS) is 13.4. The molecule has 0 bridgehead atoms. The molecule has 0 aliphatic rings. The predicted octanol–water partition coefficient (Wildman–Crippen LogP) is 2.36. The van der Waals surface area contributed by atoms with E-state index in [4.69, 9.17) is 14.7 Å². The summed E-state index contributed by atoms with van der Waals surface area (Å²) in [6, 6.07) is 9.61. The Labute approximate surface area is 109 Å². The number of ether oxygens (including phenoxy) is 2. The van der Waals surface area contributed by atoms with Gasteiger partial charge >= 0.3 is 0 Å². The Bertz CT molecular complexity index is 397. The van der Waals surface area contributed by atoms with Gasteiger partial charge in [-0.25, -0.2) is 0 Å². The molecule has 4 heteroatoms. The Hall–Kier alpha value is -1.73. The second-order valence-corrected chi connectivity index (χ2v) is 4.30. The summed E-state index contributed by atoms with van der Waals surface area (Å²) in [6.45, 7) is 4.88. The molecular weight excluding hydrogens is 228 g/mol. The maximum atomic E-state index is 8.99. The van der Waals surface area contributed by atoms with Crippen molar-refractivity contribution in [3.8, 4) is 17.6 Å². The Kier molecular flexibility index (Phi) is 5.47. The van der Waals surface area contributed by atoms with Gasteiger partial charge in [0.25, 0.3) is 0 Å². The fraction of sp³-hybridized carbons (Fsp3) is 0.500. The third-order valence-corrected chi connectivity index (χ3v) is 2.62. The zero-order chi connectivity index (χ0) is 13.4. The van der Waals surface area contributed by atoms with Crippen LogP contribution in [0, 0.1) is 11.3 Å². The van der Waals surface area contributed by atoms with Crippen LogP contribution in [-0.4, -0.2) is 25.8 Å². The summed E-state index contributed by atoms with van der Waals surface area (Å²) in [5.41, 5.74) is -0.669. The first-order chi connectivity index (χ1) is 8.63. The van der Waals surface area contributed by atoms with E-state index < -0.39 is 5.54 Å². The average molecular weight is 248 g/mol. The number of nitrogens with zero attached hydrogens (tertiary/aromatic N) is 1. The molecule has 0 heterocycles. The lowest BCUT2D eigenvalue weighted by molar-refractivity contribution is 0.241. The maximum absolute atomic E-state index is 8.99. The third-order valence-electron chi connectivity index (χ3n) is 2.62. The molecule has 0 aromatic heterocycles. The highest BCUT2D eigenvalue weighted by atomic mass is 16.5. The van der Waals surface area contributed by atoms with Crippen LogP contribution in [0.4, 0.5) is 0 Å². The fourth-order valence-electron chi connectivity index (χ4n) is 1.24. The Balaban J connectivity index is 2.51. The Morgan fingerprint density at radius 2 is 1.78 bits per heavy atom. The van der Waals surface area contributed by atoms with E-state index in [1.807, 2.05) is 24.3 Å². The van der Waals surface area contributed by atoms with Crippen molar-refractivity contribution in [2.75, 3.05) is 20.3 Å². The summed E-state index contributed by atoms with van der Waals surface area (Å²) in [4.78, 5) is 0. The summed E-state index contributed by atoms with van der Waals surface area (Å²) in [5, 5.41) is 11.9. The standard InChI is InChI=1S/C14H20N2O2/c1-4-9-17-12-5-7-13(8-6-12)18-11-14(2,10-15)16-3/h5-8,16H,4,9,11H2,1-3H3. The van der Waals surface area contributed by atoms with Crippen LogP contribution in [-0.2, 0) is 0 Å². The molecule has 0 aliphatic carbocycles. The van der Waals surface area contributed by atoms with Crippen molar-refractivity contribution in [3.63, 3.8) is 0 Å². The van der Waals surface area contributed by atoms with Gasteiger partial charge in [0.15, 0.2) is 0 Å². The van der Waals surface area contributed by atoms with E-state index >= 15 is 0 Å². The minimum atomic E-state index is -0.669. The molecule has 1 N–H and O–H groups in total. The lowest BCUT2D eigenvalue weighted by Gasteiger charge is -2.20. The molecule has 0 saturated carbocycles. The van der Waals surface area contributed by atoms with Crippen LogP contribution in [0.25, 0.3) is 0 Å². The minimum absolute atomic E-state index is 0.301. The molecule has 1 atom stereocenters. The first-order valence-electron chi connectivity index (χ1n) is 6.09. The molecule has 0 fully saturated rings. The van der Waals surface area contributed by atoms with E-state index in [1.165, 1.54) is 0 Å². The lowest BCUT2D eigenvalue weighted by atomic mass is 10.1. The summed E-state index contributed by atoms with van der Waals surface area (Å²) in [7, 11) is 1.74. The average Bonchev–Trinajstić information content (AvgIpc) is 2.43. The van der Waals surface area contributed by atoms with Gasteiger partial charge in [0.05, 0.1) is 12.7 Å². The van der Waals surface area contributed by atoms with E-state index in [-0.39, 0.29) is 0 Å². The summed E-state index contributed by atoms with van der Waals surface area (Å²) in [6.07, 6.45) is 0.987. The van der Waals surface area contributed by atoms with Crippen LogP contribution in [0.5, 0.6) is 11.5 Å². The second-order valence-electron chi connectivity index (χ2n) is 4.30. The summed E-state index contributed by atoms with van der Waals surface area (Å²) >= 11 is 0. The molecule has 4 nitrogen and oxygen atoms in total. The number of nitrogens with one attached hydrogen (secondary N) is 1. The van der Waals surface area contributed by atoms with Crippen molar-refractivity contribution in [1.29, 1.82) is 5.26 Å². The van der Waals surface area contributed by atoms with Crippen LogP contribution < -0.4 is 14.8 Å². The highest BCUT2D eigenvalue weighted by Crippen LogP contribution is 2.18. The van der Waals surface area contributed by atoms with Gasteiger partial charge in [-0.2, -0.15) is 5.26 Å². The number of rotatable bonds is 7. The first kappa shape index (κ1) is 14.3. The quantitative estimate of drug-likeness (QED) is 0.804. The van der Waals surface area contributed by atoms with Gasteiger partial charge in [-0.05, 0) is 44.7 Å². The highest BCUT2D eigenvalue weighted by molar-refractivity contribution is 5.31. The molecule has 1 unspecified atom stereocenters. The van der Waals surface area contributed by atoms with Crippen LogP contribution in [0.1, 0.15) is 20.3 Å². The van der Waals surface area contributed by atoms with E-state index in [9.17, 15) is 0 Å². The number of hydrogen-bond donors (Lipinski definition) is 1. The number of likely N-dealkylation sites (N-methyl/N-ethyl adjacent to an activating group) is 1. The number of hydrogen-bond acceptors (Lipinski definition) is 4. The second kappa shape index (κ2) is 6.87. The van der Waals surface area contributed by atoms with Gasteiger partial charge < -0.3 is 9.47 Å². The van der Waals surface area contributed by atoms with Gasteiger partial charge in [0.1, 0.15) is 23.6 Å². The molecule has 0 radical (unpaired) electrons. The van der Waals surface area contributed by atoms with Gasteiger partial charge in [-0.15, -0.1) is 0 Å². The van der Waals surface area contributed by atoms with Crippen LogP contribution in [0.15, 0.2) is 24.3 Å². The highest BCUT2D eigenvalue weighted by Gasteiger charge is 2.21. The summed E-state index contributed by atoms with van der Waals surface area (Å²) < 4.78 is 11.0. The minimum Gasteiger partial charge on any atom is -0.494 e. The molecule has 0 saturated heterocycles. The molecule has 1 aromatic rings. The smallest absolute Gasteiger partial charge is 0.137 e. The molecule has 1 aromatic carbocycles. The van der Waals surface area contributed by atoms with Gasteiger partial charge in [-0.1, -0.05) is 6.92 Å². The number of nitriles is 1. The zero-order valence-corrected chi connectivity index (χ0v) is 11.2. The van der Waals surface area contributed by atoms with Crippen molar-refractivity contribution in [1.82, 2.24) is 5.32 Å². The van der Waals surface area contributed by atoms with Crippen LogP contribution >= 0.6 is 0 Å². The Morgan fingerprint density at radius 3 is 2.22 bits per heavy atom. The molecule has 0 spiro atoms. The summed E-state index contributed by atoms with van der Waals surface area (Å²) in [5.74, 6) is 1.57. The van der Waals surface area contributed by atoms with E-state index in [0.29, 0.717) is 13.2 Å². The van der Waals surface area contributed by atoms with Crippen molar-refractivity contribution in [3.05, 3.63) is 24.3 Å². The van der Waals surface area contributed by atoms with Gasteiger partial charge in [0, 0.05) is 0 Å². The fourth-order valence-corrected chi connectivity index (χ4v) is 1.24. The van der Waals surface area contributed by atoms with E-state index in [1.54, 1.807) is 14.0 Å². The largest absolute Gasteiger partial charge is 0.494 e. The van der Waals surface area contributed by atoms with Gasteiger partial charge in [0.2, 0.25) is 0 Å². The van der Waals surface area contributed by atoms with Gasteiger partial charge in [-0.3, -0.25) is 5.32 Å².